The molecule has 130 valence electrons. The third-order valence-electron chi connectivity index (χ3n) is 3.12. The molecule has 25 heavy (non-hydrogen) atoms. The zero-order chi connectivity index (χ0) is 18.2. The van der Waals surface area contributed by atoms with Crippen molar-refractivity contribution in [3.8, 4) is 5.75 Å². The summed E-state index contributed by atoms with van der Waals surface area (Å²) in [6.45, 7) is 3.60. The molecule has 2 amide bonds. The number of hydrazone groups is 1. The molecule has 2 rings (SSSR count). The van der Waals surface area contributed by atoms with E-state index in [9.17, 15) is 9.59 Å². The van der Waals surface area contributed by atoms with E-state index < -0.39 is 5.91 Å². The number of benzene rings is 2. The molecule has 0 fully saturated rings. The lowest BCUT2D eigenvalue weighted by Crippen LogP contribution is -2.19. The number of halogens is 1. The van der Waals surface area contributed by atoms with Crippen molar-refractivity contribution >= 4 is 35.3 Å². The second-order valence-electron chi connectivity index (χ2n) is 5.05. The van der Waals surface area contributed by atoms with Crippen molar-refractivity contribution in [1.82, 2.24) is 5.43 Å². The third kappa shape index (κ3) is 5.32. The summed E-state index contributed by atoms with van der Waals surface area (Å²) in [6.07, 6.45) is 1.46. The highest BCUT2D eigenvalue weighted by Gasteiger charge is 2.13. The molecule has 0 aliphatic carbocycles. The molecule has 0 atom stereocenters. The quantitative estimate of drug-likeness (QED) is 0.612. The highest BCUT2D eigenvalue weighted by atomic mass is 35.5. The topological polar surface area (TPSA) is 79.8 Å². The molecular formula is C18H18ClN3O3. The Morgan fingerprint density at radius 2 is 2.00 bits per heavy atom. The number of anilines is 1. The molecule has 7 heteroatoms. The first-order chi connectivity index (χ1) is 12.0. The van der Waals surface area contributed by atoms with Crippen LogP contribution in [-0.4, -0.2) is 24.6 Å². The van der Waals surface area contributed by atoms with Gasteiger partial charge in [-0.2, -0.15) is 5.10 Å². The lowest BCUT2D eigenvalue weighted by atomic mass is 10.1. The van der Waals surface area contributed by atoms with Gasteiger partial charge in [-0.3, -0.25) is 9.59 Å². The minimum atomic E-state index is -0.430. The molecule has 0 saturated carbocycles. The monoisotopic (exact) mass is 359 g/mol. The Hall–Kier alpha value is -2.86. The Labute approximate surface area is 150 Å². The molecular weight excluding hydrogens is 342 g/mol. The molecule has 6 nitrogen and oxygen atoms in total. The van der Waals surface area contributed by atoms with Gasteiger partial charge < -0.3 is 10.1 Å². The molecule has 0 radical (unpaired) electrons. The maximum absolute atomic E-state index is 12.3. The summed E-state index contributed by atoms with van der Waals surface area (Å²) in [5.41, 5.74) is 3.99. The van der Waals surface area contributed by atoms with Crippen LogP contribution in [0.15, 0.2) is 47.6 Å². The maximum atomic E-state index is 12.3. The second kappa shape index (κ2) is 8.84. The smallest absolute Gasteiger partial charge is 0.275 e. The summed E-state index contributed by atoms with van der Waals surface area (Å²) in [7, 11) is 0. The normalized spacial score (nSPS) is 10.5. The van der Waals surface area contributed by atoms with Crippen LogP contribution >= 0.6 is 11.6 Å². The average molecular weight is 360 g/mol. The fourth-order valence-corrected chi connectivity index (χ4v) is 2.25. The predicted octanol–water partition coefficient (Wildman–Crippen LogP) is 3.46. The fourth-order valence-electron chi connectivity index (χ4n) is 2.07. The van der Waals surface area contributed by atoms with E-state index >= 15 is 0 Å². The Kier molecular flexibility index (Phi) is 6.54. The second-order valence-corrected chi connectivity index (χ2v) is 5.45. The van der Waals surface area contributed by atoms with Crippen LogP contribution in [0.25, 0.3) is 0 Å². The zero-order valence-electron chi connectivity index (χ0n) is 13.9. The van der Waals surface area contributed by atoms with Crippen LogP contribution in [0.3, 0.4) is 0 Å². The van der Waals surface area contributed by atoms with E-state index in [0.29, 0.717) is 34.2 Å². The number of nitrogens with one attached hydrogen (secondary N) is 2. The lowest BCUT2D eigenvalue weighted by molar-refractivity contribution is -0.114. The SMILES string of the molecule is CCOc1cc(NC(C)=O)ccc1C(=O)NN=Cc1ccccc1Cl. The Morgan fingerprint density at radius 1 is 1.24 bits per heavy atom. The molecule has 2 aromatic rings. The summed E-state index contributed by atoms with van der Waals surface area (Å²) in [5, 5.41) is 7.10. The number of carbonyl (C=O) groups is 2. The van der Waals surface area contributed by atoms with Crippen LogP contribution in [0.5, 0.6) is 5.75 Å². The molecule has 0 aromatic heterocycles. The fraction of sp³-hybridized carbons (Fsp3) is 0.167. The van der Waals surface area contributed by atoms with E-state index in [4.69, 9.17) is 16.3 Å². The van der Waals surface area contributed by atoms with Crippen LogP contribution in [0, 0.1) is 0 Å². The standard InChI is InChI=1S/C18H18ClN3O3/c1-3-25-17-10-14(21-12(2)23)8-9-15(17)18(24)22-20-11-13-6-4-5-7-16(13)19/h4-11H,3H2,1-2H3,(H,21,23)(H,22,24). The Bertz CT molecular complexity index is 806. The van der Waals surface area contributed by atoms with Gasteiger partial charge in [0.1, 0.15) is 5.75 Å². The van der Waals surface area contributed by atoms with Gasteiger partial charge in [-0.25, -0.2) is 5.43 Å². The largest absolute Gasteiger partial charge is 0.493 e. The highest BCUT2D eigenvalue weighted by Crippen LogP contribution is 2.23. The first-order valence-electron chi connectivity index (χ1n) is 7.63. The lowest BCUT2D eigenvalue weighted by Gasteiger charge is -2.11. The predicted molar refractivity (Wildman–Crippen MR) is 98.4 cm³/mol. The van der Waals surface area contributed by atoms with Crippen LogP contribution in [0.2, 0.25) is 5.02 Å². The van der Waals surface area contributed by atoms with Crippen molar-refractivity contribution in [3.05, 3.63) is 58.6 Å². The van der Waals surface area contributed by atoms with Crippen LogP contribution in [0.4, 0.5) is 5.69 Å². The molecule has 2 aromatic carbocycles. The zero-order valence-corrected chi connectivity index (χ0v) is 14.6. The van der Waals surface area contributed by atoms with Crippen LogP contribution in [-0.2, 0) is 4.79 Å². The number of hydrogen-bond acceptors (Lipinski definition) is 4. The molecule has 0 aliphatic rings. The summed E-state index contributed by atoms with van der Waals surface area (Å²) in [5.74, 6) is -0.274. The molecule has 0 aliphatic heterocycles. The van der Waals surface area contributed by atoms with Crippen molar-refractivity contribution in [2.75, 3.05) is 11.9 Å². The van der Waals surface area contributed by atoms with Crippen LogP contribution in [0.1, 0.15) is 29.8 Å². The van der Waals surface area contributed by atoms with E-state index in [1.54, 1.807) is 30.3 Å². The van der Waals surface area contributed by atoms with Gasteiger partial charge in [-0.05, 0) is 25.1 Å². The first-order valence-corrected chi connectivity index (χ1v) is 8.01. The van der Waals surface area contributed by atoms with Gasteiger partial charge in [0.2, 0.25) is 5.91 Å². The van der Waals surface area contributed by atoms with Gasteiger partial charge in [0, 0.05) is 29.3 Å². The van der Waals surface area contributed by atoms with Crippen molar-refractivity contribution < 1.29 is 14.3 Å². The van der Waals surface area contributed by atoms with E-state index in [1.165, 1.54) is 13.1 Å². The first kappa shape index (κ1) is 18.5. The van der Waals surface area contributed by atoms with Gasteiger partial charge >= 0.3 is 0 Å². The Balaban J connectivity index is 2.14. The maximum Gasteiger partial charge on any atom is 0.275 e. The highest BCUT2D eigenvalue weighted by molar-refractivity contribution is 6.33. The molecule has 0 heterocycles. The molecule has 2 N–H and O–H groups in total. The number of rotatable bonds is 6. The summed E-state index contributed by atoms with van der Waals surface area (Å²) in [4.78, 5) is 23.5. The number of amides is 2. The van der Waals surface area contributed by atoms with Crippen molar-refractivity contribution in [3.63, 3.8) is 0 Å². The molecule has 0 bridgehead atoms. The van der Waals surface area contributed by atoms with Gasteiger partial charge in [0.15, 0.2) is 0 Å². The van der Waals surface area contributed by atoms with Gasteiger partial charge in [-0.15, -0.1) is 0 Å². The summed E-state index contributed by atoms with van der Waals surface area (Å²) >= 11 is 6.02. The van der Waals surface area contributed by atoms with Gasteiger partial charge in [0.25, 0.3) is 5.91 Å². The minimum absolute atomic E-state index is 0.205. The molecule has 0 unspecified atom stereocenters. The van der Waals surface area contributed by atoms with Gasteiger partial charge in [0.05, 0.1) is 18.4 Å². The Morgan fingerprint density at radius 3 is 2.68 bits per heavy atom. The summed E-state index contributed by atoms with van der Waals surface area (Å²) < 4.78 is 5.48. The van der Waals surface area contributed by atoms with E-state index in [2.05, 4.69) is 15.8 Å². The minimum Gasteiger partial charge on any atom is -0.493 e. The van der Waals surface area contributed by atoms with E-state index in [0.717, 1.165) is 0 Å². The van der Waals surface area contributed by atoms with Crippen molar-refractivity contribution in [1.29, 1.82) is 0 Å². The number of hydrogen-bond donors (Lipinski definition) is 2. The van der Waals surface area contributed by atoms with Crippen molar-refractivity contribution in [2.24, 2.45) is 5.10 Å². The van der Waals surface area contributed by atoms with E-state index in [-0.39, 0.29) is 5.91 Å². The van der Waals surface area contributed by atoms with E-state index in [1.807, 2.05) is 19.1 Å². The number of ether oxygens (including phenoxy) is 1. The summed E-state index contributed by atoms with van der Waals surface area (Å²) in [6, 6.07) is 11.9. The average Bonchev–Trinajstić information content (AvgIpc) is 2.56. The number of carbonyl (C=O) groups excluding carboxylic acids is 2. The van der Waals surface area contributed by atoms with Gasteiger partial charge in [-0.1, -0.05) is 29.8 Å². The van der Waals surface area contributed by atoms with Crippen LogP contribution < -0.4 is 15.5 Å². The third-order valence-corrected chi connectivity index (χ3v) is 3.47. The van der Waals surface area contributed by atoms with Crippen molar-refractivity contribution in [2.45, 2.75) is 13.8 Å². The molecule has 0 saturated heterocycles. The molecule has 0 spiro atoms. The number of nitrogens with zero attached hydrogens (tertiary/aromatic N) is 1.